The Morgan fingerprint density at radius 1 is 1.00 bits per heavy atom. The molecule has 0 unspecified atom stereocenters. The molecule has 0 aliphatic carbocycles. The summed E-state index contributed by atoms with van der Waals surface area (Å²) in [6.45, 7) is 0. The van der Waals surface area contributed by atoms with Crippen molar-refractivity contribution in [3.63, 3.8) is 0 Å². The first-order valence-corrected chi connectivity index (χ1v) is 7.70. The molecule has 0 aromatic heterocycles. The van der Waals surface area contributed by atoms with Gasteiger partial charge in [-0.05, 0) is 30.4 Å². The number of hydrogen-bond donors (Lipinski definition) is 1. The SMILES string of the molecule is O=C(CCCSc1ccccc1)Cc1ccccc1O. The van der Waals surface area contributed by atoms with Crippen LogP contribution in [0.15, 0.2) is 59.5 Å². The minimum absolute atomic E-state index is 0.181. The Bertz CT molecular complexity index is 552. The molecule has 2 nitrogen and oxygen atoms in total. The molecule has 0 atom stereocenters. The molecule has 0 amide bonds. The number of phenolic OH excluding ortho intramolecular Hbond substituents is 1. The van der Waals surface area contributed by atoms with E-state index in [2.05, 4.69) is 12.1 Å². The molecule has 0 radical (unpaired) electrons. The monoisotopic (exact) mass is 286 g/mol. The topological polar surface area (TPSA) is 37.3 Å². The van der Waals surface area contributed by atoms with E-state index in [1.807, 2.05) is 24.3 Å². The lowest BCUT2D eigenvalue weighted by Crippen LogP contribution is -2.03. The molecule has 0 saturated heterocycles. The molecular formula is C17H18O2S. The van der Waals surface area contributed by atoms with E-state index in [1.54, 1.807) is 30.0 Å². The number of carbonyl (C=O) groups is 1. The van der Waals surface area contributed by atoms with Crippen molar-refractivity contribution in [1.82, 2.24) is 0 Å². The quantitative estimate of drug-likeness (QED) is 0.615. The molecule has 0 aliphatic rings. The lowest BCUT2D eigenvalue weighted by molar-refractivity contribution is -0.118. The van der Waals surface area contributed by atoms with Crippen molar-refractivity contribution in [2.75, 3.05) is 5.75 Å². The maximum Gasteiger partial charge on any atom is 0.137 e. The number of rotatable bonds is 7. The minimum atomic E-state index is 0.181. The summed E-state index contributed by atoms with van der Waals surface area (Å²) >= 11 is 1.77. The molecule has 3 heteroatoms. The molecular weight excluding hydrogens is 268 g/mol. The van der Waals surface area contributed by atoms with Gasteiger partial charge in [0.25, 0.3) is 0 Å². The van der Waals surface area contributed by atoms with Crippen LogP contribution in [0.1, 0.15) is 18.4 Å². The number of hydrogen-bond acceptors (Lipinski definition) is 3. The van der Waals surface area contributed by atoms with Crippen LogP contribution < -0.4 is 0 Å². The van der Waals surface area contributed by atoms with Gasteiger partial charge < -0.3 is 5.11 Å². The van der Waals surface area contributed by atoms with Crippen molar-refractivity contribution in [3.8, 4) is 5.75 Å². The summed E-state index contributed by atoms with van der Waals surface area (Å²) in [5.41, 5.74) is 0.716. The number of carbonyl (C=O) groups excluding carboxylic acids is 1. The van der Waals surface area contributed by atoms with Crippen LogP contribution >= 0.6 is 11.8 Å². The molecule has 104 valence electrons. The zero-order valence-electron chi connectivity index (χ0n) is 11.3. The molecule has 20 heavy (non-hydrogen) atoms. The number of Topliss-reactive ketones (excluding diaryl/α,β-unsaturated/α-hetero) is 1. The van der Waals surface area contributed by atoms with Gasteiger partial charge in [-0.15, -0.1) is 11.8 Å². The Morgan fingerprint density at radius 2 is 1.70 bits per heavy atom. The molecule has 0 saturated carbocycles. The number of phenols is 1. The van der Waals surface area contributed by atoms with Gasteiger partial charge in [-0.1, -0.05) is 36.4 Å². The van der Waals surface area contributed by atoms with E-state index < -0.39 is 0 Å². The van der Waals surface area contributed by atoms with Gasteiger partial charge in [0.1, 0.15) is 11.5 Å². The molecule has 2 rings (SSSR count). The number of ketones is 1. The molecule has 2 aromatic carbocycles. The first-order chi connectivity index (χ1) is 9.75. The molecule has 0 heterocycles. The number of para-hydroxylation sites is 1. The molecule has 0 spiro atoms. The third-order valence-electron chi connectivity index (χ3n) is 2.99. The van der Waals surface area contributed by atoms with Gasteiger partial charge in [-0.3, -0.25) is 4.79 Å². The highest BCUT2D eigenvalue weighted by Gasteiger charge is 2.07. The Balaban J connectivity index is 1.69. The van der Waals surface area contributed by atoms with Gasteiger partial charge in [0, 0.05) is 23.3 Å². The van der Waals surface area contributed by atoms with E-state index >= 15 is 0 Å². The molecule has 2 aromatic rings. The fourth-order valence-corrected chi connectivity index (χ4v) is 2.81. The third kappa shape index (κ3) is 4.74. The van der Waals surface area contributed by atoms with E-state index in [0.29, 0.717) is 18.4 Å². The summed E-state index contributed by atoms with van der Waals surface area (Å²) in [7, 11) is 0. The summed E-state index contributed by atoms with van der Waals surface area (Å²) in [6, 6.07) is 17.2. The highest BCUT2D eigenvalue weighted by Crippen LogP contribution is 2.20. The smallest absolute Gasteiger partial charge is 0.137 e. The summed E-state index contributed by atoms with van der Waals surface area (Å²) in [6.07, 6.45) is 1.75. The van der Waals surface area contributed by atoms with Crippen molar-refractivity contribution < 1.29 is 9.90 Å². The first-order valence-electron chi connectivity index (χ1n) is 6.72. The largest absolute Gasteiger partial charge is 0.508 e. The lowest BCUT2D eigenvalue weighted by atomic mass is 10.1. The van der Waals surface area contributed by atoms with Crippen LogP contribution in [0.25, 0.3) is 0 Å². The summed E-state index contributed by atoms with van der Waals surface area (Å²) in [5, 5.41) is 9.62. The highest BCUT2D eigenvalue weighted by molar-refractivity contribution is 7.99. The van der Waals surface area contributed by atoms with Gasteiger partial charge in [0.15, 0.2) is 0 Å². The predicted molar refractivity (Wildman–Crippen MR) is 83.2 cm³/mol. The van der Waals surface area contributed by atoms with Crippen LogP contribution in [0.3, 0.4) is 0 Å². The average Bonchev–Trinajstić information content (AvgIpc) is 2.47. The van der Waals surface area contributed by atoms with Crippen LogP contribution in [-0.2, 0) is 11.2 Å². The maximum absolute atomic E-state index is 11.9. The van der Waals surface area contributed by atoms with Gasteiger partial charge in [-0.2, -0.15) is 0 Å². The van der Waals surface area contributed by atoms with E-state index in [0.717, 1.165) is 12.2 Å². The highest BCUT2D eigenvalue weighted by atomic mass is 32.2. The Morgan fingerprint density at radius 3 is 2.45 bits per heavy atom. The van der Waals surface area contributed by atoms with Gasteiger partial charge in [0.05, 0.1) is 0 Å². The maximum atomic E-state index is 11.9. The van der Waals surface area contributed by atoms with Gasteiger partial charge in [-0.25, -0.2) is 0 Å². The van der Waals surface area contributed by atoms with Crippen LogP contribution in [0.5, 0.6) is 5.75 Å². The van der Waals surface area contributed by atoms with Crippen molar-refractivity contribution in [3.05, 3.63) is 60.2 Å². The second kappa shape index (κ2) is 7.75. The van der Waals surface area contributed by atoms with Gasteiger partial charge >= 0.3 is 0 Å². The van der Waals surface area contributed by atoms with E-state index in [-0.39, 0.29) is 11.5 Å². The normalized spacial score (nSPS) is 10.4. The van der Waals surface area contributed by atoms with E-state index in [4.69, 9.17) is 0 Å². The third-order valence-corrected chi connectivity index (χ3v) is 4.09. The fourth-order valence-electron chi connectivity index (χ4n) is 1.94. The first kappa shape index (κ1) is 14.7. The second-order valence-corrected chi connectivity index (χ2v) is 5.78. The Labute approximate surface area is 123 Å². The summed E-state index contributed by atoms with van der Waals surface area (Å²) < 4.78 is 0. The Hall–Kier alpha value is -1.74. The van der Waals surface area contributed by atoms with Crippen molar-refractivity contribution >= 4 is 17.5 Å². The van der Waals surface area contributed by atoms with Crippen LogP contribution in [-0.4, -0.2) is 16.6 Å². The van der Waals surface area contributed by atoms with Crippen LogP contribution in [0.2, 0.25) is 0 Å². The standard InChI is InChI=1S/C17H18O2S/c18-15(13-14-7-4-5-11-17(14)19)8-6-12-20-16-9-2-1-3-10-16/h1-5,7,9-11,19H,6,8,12-13H2. The van der Waals surface area contributed by atoms with Crippen molar-refractivity contribution in [2.45, 2.75) is 24.2 Å². The van der Waals surface area contributed by atoms with E-state index in [1.165, 1.54) is 4.90 Å². The molecule has 0 fully saturated rings. The summed E-state index contributed by atoms with van der Waals surface area (Å²) in [5.74, 6) is 1.33. The zero-order valence-corrected chi connectivity index (χ0v) is 12.1. The Kier molecular flexibility index (Phi) is 5.69. The average molecular weight is 286 g/mol. The van der Waals surface area contributed by atoms with Crippen LogP contribution in [0, 0.1) is 0 Å². The lowest BCUT2D eigenvalue weighted by Gasteiger charge is -2.04. The second-order valence-electron chi connectivity index (χ2n) is 4.61. The summed E-state index contributed by atoms with van der Waals surface area (Å²) in [4.78, 5) is 13.1. The number of thioether (sulfide) groups is 1. The molecule has 0 bridgehead atoms. The molecule has 0 aliphatic heterocycles. The molecule has 1 N–H and O–H groups in total. The predicted octanol–water partition coefficient (Wildman–Crippen LogP) is 4.08. The number of aromatic hydroxyl groups is 1. The number of benzene rings is 2. The van der Waals surface area contributed by atoms with E-state index in [9.17, 15) is 9.90 Å². The van der Waals surface area contributed by atoms with Crippen molar-refractivity contribution in [2.24, 2.45) is 0 Å². The van der Waals surface area contributed by atoms with Crippen molar-refractivity contribution in [1.29, 1.82) is 0 Å². The zero-order chi connectivity index (χ0) is 14.2. The fraction of sp³-hybridized carbons (Fsp3) is 0.235. The minimum Gasteiger partial charge on any atom is -0.508 e. The van der Waals surface area contributed by atoms with Gasteiger partial charge in [0.2, 0.25) is 0 Å². The van der Waals surface area contributed by atoms with Crippen LogP contribution in [0.4, 0.5) is 0 Å².